The average Bonchev–Trinajstić information content (AvgIpc) is 2.37. The Morgan fingerprint density at radius 3 is 2.39 bits per heavy atom. The Balaban J connectivity index is 2.12. The summed E-state index contributed by atoms with van der Waals surface area (Å²) in [6, 6.07) is 2.03. The van der Waals surface area contributed by atoms with Gasteiger partial charge >= 0.3 is 0 Å². The van der Waals surface area contributed by atoms with E-state index in [9.17, 15) is 5.11 Å². The molecule has 18 heavy (non-hydrogen) atoms. The molecule has 0 radical (unpaired) electrons. The Labute approximate surface area is 111 Å². The van der Waals surface area contributed by atoms with Crippen LogP contribution in [0.3, 0.4) is 0 Å². The Morgan fingerprint density at radius 1 is 1.06 bits per heavy atom. The lowest BCUT2D eigenvalue weighted by atomic mass is 10.0. The standard InChI is InChI=1S/C16H27NO/c1-3-4-5-6-7-8-9-10-16(18)15-11-14(2)12-17-13-15/h11-13,16,18H,3-10H2,1-2H3. The van der Waals surface area contributed by atoms with E-state index in [2.05, 4.69) is 11.9 Å². The van der Waals surface area contributed by atoms with E-state index in [0.29, 0.717) is 0 Å². The van der Waals surface area contributed by atoms with Gasteiger partial charge in [0.2, 0.25) is 0 Å². The number of hydrogen-bond acceptors (Lipinski definition) is 2. The maximum absolute atomic E-state index is 10.0. The predicted octanol–water partition coefficient (Wildman–Crippen LogP) is 4.56. The summed E-state index contributed by atoms with van der Waals surface area (Å²) < 4.78 is 0. The zero-order valence-electron chi connectivity index (χ0n) is 11.9. The molecule has 1 unspecified atom stereocenters. The van der Waals surface area contributed by atoms with E-state index in [1.165, 1.54) is 38.5 Å². The van der Waals surface area contributed by atoms with E-state index in [0.717, 1.165) is 24.0 Å². The summed E-state index contributed by atoms with van der Waals surface area (Å²) in [7, 11) is 0. The van der Waals surface area contributed by atoms with Crippen molar-refractivity contribution in [3.63, 3.8) is 0 Å². The summed E-state index contributed by atoms with van der Waals surface area (Å²) >= 11 is 0. The minimum Gasteiger partial charge on any atom is -0.388 e. The summed E-state index contributed by atoms with van der Waals surface area (Å²) in [6.07, 6.45) is 13.1. The SMILES string of the molecule is CCCCCCCCCC(O)c1cncc(C)c1. The van der Waals surface area contributed by atoms with Crippen LogP contribution in [0.4, 0.5) is 0 Å². The fourth-order valence-electron chi connectivity index (χ4n) is 2.22. The summed E-state index contributed by atoms with van der Waals surface area (Å²) in [4.78, 5) is 4.12. The zero-order valence-corrected chi connectivity index (χ0v) is 11.9. The highest BCUT2D eigenvalue weighted by atomic mass is 16.3. The van der Waals surface area contributed by atoms with Crippen LogP contribution in [0.5, 0.6) is 0 Å². The third-order valence-electron chi connectivity index (χ3n) is 3.36. The number of aliphatic hydroxyl groups excluding tert-OH is 1. The molecule has 0 saturated heterocycles. The molecule has 102 valence electrons. The van der Waals surface area contributed by atoms with Gasteiger partial charge in [0.1, 0.15) is 0 Å². The van der Waals surface area contributed by atoms with Crippen molar-refractivity contribution in [1.29, 1.82) is 0 Å². The summed E-state index contributed by atoms with van der Waals surface area (Å²) in [6.45, 7) is 4.25. The van der Waals surface area contributed by atoms with E-state index < -0.39 is 0 Å². The van der Waals surface area contributed by atoms with E-state index in [4.69, 9.17) is 0 Å². The first-order valence-electron chi connectivity index (χ1n) is 7.33. The van der Waals surface area contributed by atoms with Crippen LogP contribution in [0.25, 0.3) is 0 Å². The number of nitrogens with zero attached hydrogens (tertiary/aromatic N) is 1. The lowest BCUT2D eigenvalue weighted by Gasteiger charge is -2.10. The molecule has 0 aliphatic heterocycles. The Kier molecular flexibility index (Phi) is 7.66. The van der Waals surface area contributed by atoms with Crippen LogP contribution in [-0.4, -0.2) is 10.1 Å². The second-order valence-electron chi connectivity index (χ2n) is 5.22. The lowest BCUT2D eigenvalue weighted by Crippen LogP contribution is -1.98. The Bertz CT molecular complexity index is 325. The van der Waals surface area contributed by atoms with Crippen molar-refractivity contribution in [3.05, 3.63) is 29.6 Å². The molecule has 0 amide bonds. The van der Waals surface area contributed by atoms with Crippen molar-refractivity contribution in [2.24, 2.45) is 0 Å². The number of aryl methyl sites for hydroxylation is 1. The first-order valence-corrected chi connectivity index (χ1v) is 7.33. The molecule has 1 rings (SSSR count). The molecule has 0 fully saturated rings. The molecule has 0 bridgehead atoms. The molecule has 2 nitrogen and oxygen atoms in total. The first-order chi connectivity index (χ1) is 8.74. The molecule has 1 aromatic heterocycles. The monoisotopic (exact) mass is 249 g/mol. The van der Waals surface area contributed by atoms with Gasteiger partial charge in [0, 0.05) is 12.4 Å². The molecule has 0 saturated carbocycles. The summed E-state index contributed by atoms with van der Waals surface area (Å²) in [5, 5.41) is 10.0. The number of rotatable bonds is 9. The predicted molar refractivity (Wildman–Crippen MR) is 76.5 cm³/mol. The van der Waals surface area contributed by atoms with Crippen LogP contribution < -0.4 is 0 Å². The fourth-order valence-corrected chi connectivity index (χ4v) is 2.22. The van der Waals surface area contributed by atoms with Gasteiger partial charge in [0.05, 0.1) is 6.10 Å². The average molecular weight is 249 g/mol. The van der Waals surface area contributed by atoms with Gasteiger partial charge in [-0.05, 0) is 24.5 Å². The Hall–Kier alpha value is -0.890. The highest BCUT2D eigenvalue weighted by Crippen LogP contribution is 2.20. The quantitative estimate of drug-likeness (QED) is 0.651. The van der Waals surface area contributed by atoms with Crippen molar-refractivity contribution in [3.8, 4) is 0 Å². The molecular weight excluding hydrogens is 222 g/mol. The molecular formula is C16H27NO. The van der Waals surface area contributed by atoms with Crippen molar-refractivity contribution >= 4 is 0 Å². The van der Waals surface area contributed by atoms with Crippen molar-refractivity contribution in [2.75, 3.05) is 0 Å². The maximum atomic E-state index is 10.0. The molecule has 1 aromatic rings. The fraction of sp³-hybridized carbons (Fsp3) is 0.688. The first kappa shape index (κ1) is 15.2. The topological polar surface area (TPSA) is 33.1 Å². The highest BCUT2D eigenvalue weighted by Gasteiger charge is 2.07. The van der Waals surface area contributed by atoms with Gasteiger partial charge in [-0.25, -0.2) is 0 Å². The van der Waals surface area contributed by atoms with Gasteiger partial charge in [0.25, 0.3) is 0 Å². The van der Waals surface area contributed by atoms with Gasteiger partial charge in [-0.1, -0.05) is 57.9 Å². The third-order valence-corrected chi connectivity index (χ3v) is 3.36. The van der Waals surface area contributed by atoms with E-state index in [-0.39, 0.29) is 6.10 Å². The van der Waals surface area contributed by atoms with Crippen LogP contribution in [-0.2, 0) is 0 Å². The Morgan fingerprint density at radius 2 is 1.72 bits per heavy atom. The second kappa shape index (κ2) is 9.09. The molecule has 1 atom stereocenters. The molecule has 0 aliphatic rings. The van der Waals surface area contributed by atoms with Crippen LogP contribution in [0, 0.1) is 6.92 Å². The van der Waals surface area contributed by atoms with Crippen molar-refractivity contribution in [2.45, 2.75) is 71.3 Å². The van der Waals surface area contributed by atoms with Gasteiger partial charge in [-0.3, -0.25) is 4.98 Å². The number of aliphatic hydroxyl groups is 1. The highest BCUT2D eigenvalue weighted by molar-refractivity contribution is 5.18. The van der Waals surface area contributed by atoms with E-state index in [1.54, 1.807) is 6.20 Å². The van der Waals surface area contributed by atoms with Crippen LogP contribution >= 0.6 is 0 Å². The number of pyridine rings is 1. The lowest BCUT2D eigenvalue weighted by molar-refractivity contribution is 0.163. The second-order valence-corrected chi connectivity index (χ2v) is 5.22. The molecule has 1 N–H and O–H groups in total. The summed E-state index contributed by atoms with van der Waals surface area (Å²) in [5.74, 6) is 0. The number of unbranched alkanes of at least 4 members (excludes halogenated alkanes) is 6. The van der Waals surface area contributed by atoms with Crippen LogP contribution in [0.2, 0.25) is 0 Å². The minimum absolute atomic E-state index is 0.340. The van der Waals surface area contributed by atoms with Crippen LogP contribution in [0.1, 0.15) is 75.5 Å². The van der Waals surface area contributed by atoms with Crippen molar-refractivity contribution < 1.29 is 5.11 Å². The number of aromatic nitrogens is 1. The van der Waals surface area contributed by atoms with Crippen molar-refractivity contribution in [1.82, 2.24) is 4.98 Å². The molecule has 2 heteroatoms. The molecule has 0 aliphatic carbocycles. The molecule has 0 spiro atoms. The molecule has 1 heterocycles. The largest absolute Gasteiger partial charge is 0.388 e. The van der Waals surface area contributed by atoms with Gasteiger partial charge < -0.3 is 5.11 Å². The summed E-state index contributed by atoms with van der Waals surface area (Å²) in [5.41, 5.74) is 2.08. The smallest absolute Gasteiger partial charge is 0.0805 e. The normalized spacial score (nSPS) is 12.6. The number of hydrogen-bond donors (Lipinski definition) is 1. The zero-order chi connectivity index (χ0) is 13.2. The van der Waals surface area contributed by atoms with Crippen LogP contribution in [0.15, 0.2) is 18.5 Å². The van der Waals surface area contributed by atoms with E-state index in [1.807, 2.05) is 19.2 Å². The van der Waals surface area contributed by atoms with Gasteiger partial charge in [0.15, 0.2) is 0 Å². The third kappa shape index (κ3) is 6.15. The maximum Gasteiger partial charge on any atom is 0.0805 e. The minimum atomic E-state index is -0.340. The van der Waals surface area contributed by atoms with Gasteiger partial charge in [-0.2, -0.15) is 0 Å². The van der Waals surface area contributed by atoms with E-state index >= 15 is 0 Å². The van der Waals surface area contributed by atoms with Gasteiger partial charge in [-0.15, -0.1) is 0 Å². The molecule has 0 aromatic carbocycles.